The molecule has 12 heteroatoms. The van der Waals surface area contributed by atoms with Gasteiger partial charge in [0.15, 0.2) is 6.61 Å². The van der Waals surface area contributed by atoms with E-state index in [4.69, 9.17) is 16.3 Å². The first-order valence-corrected chi connectivity index (χ1v) is 11.3. The summed E-state index contributed by atoms with van der Waals surface area (Å²) < 4.78 is 60.9. The van der Waals surface area contributed by atoms with Crippen LogP contribution in [0.25, 0.3) is 0 Å². The molecule has 1 heterocycles. The summed E-state index contributed by atoms with van der Waals surface area (Å²) in [7, 11) is -3.79. The van der Waals surface area contributed by atoms with Crippen molar-refractivity contribution in [3.05, 3.63) is 53.1 Å². The van der Waals surface area contributed by atoms with Crippen molar-refractivity contribution in [3.8, 4) is 5.75 Å². The van der Waals surface area contributed by atoms with Crippen molar-refractivity contribution in [3.63, 3.8) is 0 Å². The van der Waals surface area contributed by atoms with Gasteiger partial charge in [0.05, 0.1) is 21.2 Å². The lowest BCUT2D eigenvalue weighted by Gasteiger charge is -2.16. The van der Waals surface area contributed by atoms with Crippen LogP contribution in [0.1, 0.15) is 23.2 Å². The standard InChI is InChI=1S/C20H19ClF2N2O6S/c21-15-8-7-13(32(28,29)25-9-3-4-10-25)11-14(15)19(27)30-12-18(26)24-16-5-1-2-6-17(16)31-20(22)23/h1-2,5-8,11,20H,3-4,9-10,12H2,(H,24,26). The number of anilines is 1. The molecule has 0 spiro atoms. The van der Waals surface area contributed by atoms with Crippen molar-refractivity contribution >= 4 is 39.2 Å². The molecular formula is C20H19ClF2N2O6S. The number of rotatable bonds is 8. The number of carbonyl (C=O) groups is 2. The van der Waals surface area contributed by atoms with Gasteiger partial charge in [-0.15, -0.1) is 0 Å². The Morgan fingerprint density at radius 3 is 2.50 bits per heavy atom. The van der Waals surface area contributed by atoms with E-state index in [-0.39, 0.29) is 26.9 Å². The molecule has 1 aliphatic rings. The smallest absolute Gasteiger partial charge is 0.387 e. The minimum absolute atomic E-state index is 0.0365. The highest BCUT2D eigenvalue weighted by Crippen LogP contribution is 2.27. The predicted molar refractivity (Wildman–Crippen MR) is 111 cm³/mol. The van der Waals surface area contributed by atoms with Gasteiger partial charge >= 0.3 is 12.6 Å². The van der Waals surface area contributed by atoms with Crippen LogP contribution in [0.5, 0.6) is 5.75 Å². The third-order valence-electron chi connectivity index (χ3n) is 4.57. The highest BCUT2D eigenvalue weighted by atomic mass is 35.5. The van der Waals surface area contributed by atoms with E-state index in [1.54, 1.807) is 0 Å². The zero-order valence-electron chi connectivity index (χ0n) is 16.6. The molecule has 2 aromatic rings. The van der Waals surface area contributed by atoms with Crippen molar-refractivity contribution in [2.75, 3.05) is 25.0 Å². The number of ether oxygens (including phenoxy) is 2. The maximum Gasteiger partial charge on any atom is 0.387 e. The number of halogens is 3. The summed E-state index contributed by atoms with van der Waals surface area (Å²) in [4.78, 5) is 24.4. The molecule has 0 aliphatic carbocycles. The molecule has 3 rings (SSSR count). The maximum absolute atomic E-state index is 12.7. The number of alkyl halides is 2. The fourth-order valence-corrected chi connectivity index (χ4v) is 4.80. The fraction of sp³-hybridized carbons (Fsp3) is 0.300. The Morgan fingerprint density at radius 1 is 1.12 bits per heavy atom. The number of esters is 1. The quantitative estimate of drug-likeness (QED) is 0.570. The van der Waals surface area contributed by atoms with E-state index in [0.29, 0.717) is 13.1 Å². The van der Waals surface area contributed by atoms with E-state index in [1.165, 1.54) is 40.7 Å². The number of sulfonamides is 1. The highest BCUT2D eigenvalue weighted by Gasteiger charge is 2.28. The zero-order chi connectivity index (χ0) is 23.3. The molecule has 0 radical (unpaired) electrons. The van der Waals surface area contributed by atoms with Gasteiger partial charge in [0.1, 0.15) is 5.75 Å². The van der Waals surface area contributed by atoms with Crippen molar-refractivity contribution in [1.82, 2.24) is 4.31 Å². The Balaban J connectivity index is 1.67. The van der Waals surface area contributed by atoms with E-state index in [2.05, 4.69) is 10.1 Å². The fourth-order valence-electron chi connectivity index (χ4n) is 3.06. The molecule has 1 fully saturated rings. The molecule has 0 unspecified atom stereocenters. The van der Waals surface area contributed by atoms with Crippen LogP contribution in [-0.4, -0.2) is 50.9 Å². The first-order chi connectivity index (χ1) is 15.2. The van der Waals surface area contributed by atoms with Crippen molar-refractivity contribution < 1.29 is 36.3 Å². The molecule has 0 saturated carbocycles. The summed E-state index contributed by atoms with van der Waals surface area (Å²) in [5.41, 5.74) is -0.258. The van der Waals surface area contributed by atoms with Crippen molar-refractivity contribution in [2.45, 2.75) is 24.3 Å². The second kappa shape index (κ2) is 10.2. The average Bonchev–Trinajstić information content (AvgIpc) is 3.29. The Hall–Kier alpha value is -2.76. The topological polar surface area (TPSA) is 102 Å². The molecule has 8 nitrogen and oxygen atoms in total. The van der Waals surface area contributed by atoms with Gasteiger partial charge in [-0.3, -0.25) is 4.79 Å². The van der Waals surface area contributed by atoms with E-state index in [1.807, 2.05) is 0 Å². The second-order valence-corrected chi connectivity index (χ2v) is 9.10. The van der Waals surface area contributed by atoms with Crippen molar-refractivity contribution in [2.24, 2.45) is 0 Å². The summed E-state index contributed by atoms with van der Waals surface area (Å²) in [5.74, 6) is -2.09. The second-order valence-electron chi connectivity index (χ2n) is 6.75. The summed E-state index contributed by atoms with van der Waals surface area (Å²) in [5, 5.41) is 2.25. The molecule has 172 valence electrons. The minimum Gasteiger partial charge on any atom is -0.452 e. The Labute approximate surface area is 188 Å². The molecule has 1 saturated heterocycles. The molecule has 0 atom stereocenters. The largest absolute Gasteiger partial charge is 0.452 e. The summed E-state index contributed by atoms with van der Waals surface area (Å²) in [6.45, 7) is -3.07. The van der Waals surface area contributed by atoms with Crippen LogP contribution < -0.4 is 10.1 Å². The number of carbonyl (C=O) groups excluding carboxylic acids is 2. The predicted octanol–water partition coefficient (Wildman–Crippen LogP) is 3.52. The third-order valence-corrected chi connectivity index (χ3v) is 6.80. The van der Waals surface area contributed by atoms with Crippen LogP contribution >= 0.6 is 11.6 Å². The van der Waals surface area contributed by atoms with Crippen LogP contribution in [0.15, 0.2) is 47.4 Å². The lowest BCUT2D eigenvalue weighted by molar-refractivity contribution is -0.119. The number of hydrogen-bond acceptors (Lipinski definition) is 6. The Kier molecular flexibility index (Phi) is 7.64. The van der Waals surface area contributed by atoms with Crippen LogP contribution in [0.3, 0.4) is 0 Å². The van der Waals surface area contributed by atoms with Gasteiger partial charge in [0, 0.05) is 13.1 Å². The first-order valence-electron chi connectivity index (χ1n) is 9.49. The SMILES string of the molecule is O=C(COC(=O)c1cc(S(=O)(=O)N2CCCC2)ccc1Cl)Nc1ccccc1OC(F)F. The molecule has 0 bridgehead atoms. The highest BCUT2D eigenvalue weighted by molar-refractivity contribution is 7.89. The van der Waals surface area contributed by atoms with Gasteiger partial charge in [0.25, 0.3) is 5.91 Å². The molecule has 2 aromatic carbocycles. The van der Waals surface area contributed by atoms with Gasteiger partial charge < -0.3 is 14.8 Å². The molecule has 1 N–H and O–H groups in total. The minimum atomic E-state index is -3.79. The van der Waals surface area contributed by atoms with Crippen LogP contribution in [-0.2, 0) is 19.6 Å². The molecule has 1 amide bonds. The number of amides is 1. The Bertz CT molecular complexity index is 1110. The van der Waals surface area contributed by atoms with Gasteiger partial charge in [-0.1, -0.05) is 23.7 Å². The molecule has 1 aliphatic heterocycles. The normalized spacial score (nSPS) is 14.4. The number of benzene rings is 2. The number of para-hydroxylation sites is 2. The lowest BCUT2D eigenvalue weighted by Crippen LogP contribution is -2.28. The Morgan fingerprint density at radius 2 is 1.81 bits per heavy atom. The number of nitrogens with one attached hydrogen (secondary N) is 1. The van der Waals surface area contributed by atoms with E-state index < -0.39 is 35.1 Å². The van der Waals surface area contributed by atoms with Crippen LogP contribution in [0.4, 0.5) is 14.5 Å². The molecule has 0 aromatic heterocycles. The van der Waals surface area contributed by atoms with Crippen LogP contribution in [0, 0.1) is 0 Å². The first kappa shape index (κ1) is 23.9. The van der Waals surface area contributed by atoms with E-state index >= 15 is 0 Å². The van der Waals surface area contributed by atoms with Gasteiger partial charge in [0.2, 0.25) is 10.0 Å². The number of nitrogens with zero attached hydrogens (tertiary/aromatic N) is 1. The monoisotopic (exact) mass is 488 g/mol. The maximum atomic E-state index is 12.7. The summed E-state index contributed by atoms with van der Waals surface area (Å²) in [6.07, 6.45) is 1.50. The van der Waals surface area contributed by atoms with Crippen LogP contribution in [0.2, 0.25) is 5.02 Å². The van der Waals surface area contributed by atoms with Gasteiger partial charge in [-0.25, -0.2) is 13.2 Å². The zero-order valence-corrected chi connectivity index (χ0v) is 18.2. The van der Waals surface area contributed by atoms with E-state index in [9.17, 15) is 26.8 Å². The lowest BCUT2D eigenvalue weighted by atomic mass is 10.2. The summed E-state index contributed by atoms with van der Waals surface area (Å²) >= 11 is 6.02. The van der Waals surface area contributed by atoms with Gasteiger partial charge in [-0.05, 0) is 43.2 Å². The van der Waals surface area contributed by atoms with Gasteiger partial charge in [-0.2, -0.15) is 13.1 Å². The summed E-state index contributed by atoms with van der Waals surface area (Å²) in [6, 6.07) is 9.16. The average molecular weight is 489 g/mol. The molecule has 32 heavy (non-hydrogen) atoms. The van der Waals surface area contributed by atoms with Crippen molar-refractivity contribution in [1.29, 1.82) is 0 Å². The van der Waals surface area contributed by atoms with E-state index in [0.717, 1.165) is 18.9 Å². The molecular weight excluding hydrogens is 470 g/mol. The number of hydrogen-bond donors (Lipinski definition) is 1. The third kappa shape index (κ3) is 5.72.